The zero-order valence-electron chi connectivity index (χ0n) is 18.0. The van der Waals surface area contributed by atoms with E-state index in [2.05, 4.69) is 88.0 Å². The minimum absolute atomic E-state index is 0.0822. The lowest BCUT2D eigenvalue weighted by Crippen LogP contribution is -2.32. The molecule has 0 aromatic heterocycles. The molecule has 3 rings (SSSR count). The Morgan fingerprint density at radius 2 is 1.00 bits per heavy atom. The maximum atomic E-state index is 2.41. The van der Waals surface area contributed by atoms with E-state index in [-0.39, 0.29) is 5.41 Å². The normalized spacial score (nSPS) is 12.8. The van der Waals surface area contributed by atoms with E-state index in [0.717, 1.165) is 6.54 Å². The number of fused-ring (bicyclic) bond motifs is 2. The summed E-state index contributed by atoms with van der Waals surface area (Å²) >= 11 is 0. The van der Waals surface area contributed by atoms with Crippen molar-refractivity contribution in [2.24, 2.45) is 0 Å². The number of para-hydroxylation sites is 2. The fraction of sp³-hybridized carbons (Fsp3) is 0.500. The number of hydrogen-bond acceptors (Lipinski definition) is 1. The first kappa shape index (κ1) is 23.2. The van der Waals surface area contributed by atoms with Crippen LogP contribution in [0.5, 0.6) is 0 Å². The van der Waals surface area contributed by atoms with Crippen LogP contribution in [0.25, 0.3) is 0 Å². The van der Waals surface area contributed by atoms with Crippen LogP contribution in [0.4, 0.5) is 11.4 Å². The van der Waals surface area contributed by atoms with Gasteiger partial charge in [-0.3, -0.25) is 0 Å². The van der Waals surface area contributed by atoms with E-state index < -0.39 is 0 Å². The number of hydrogen-bond donors (Lipinski definition) is 0. The highest BCUT2D eigenvalue weighted by Crippen LogP contribution is 2.48. The Labute approximate surface area is 157 Å². The van der Waals surface area contributed by atoms with Gasteiger partial charge < -0.3 is 4.90 Å². The highest BCUT2D eigenvalue weighted by Gasteiger charge is 2.34. The van der Waals surface area contributed by atoms with Gasteiger partial charge in [0.05, 0.1) is 0 Å². The second kappa shape index (κ2) is 11.7. The first-order chi connectivity index (χ1) is 12.1. The molecule has 0 N–H and O–H groups in total. The molecule has 1 heterocycles. The summed E-state index contributed by atoms with van der Waals surface area (Å²) in [5.74, 6) is 0. The molecule has 1 heteroatoms. The predicted molar refractivity (Wildman–Crippen MR) is 116 cm³/mol. The van der Waals surface area contributed by atoms with E-state index in [1.165, 1.54) is 28.9 Å². The van der Waals surface area contributed by atoms with Gasteiger partial charge in [-0.2, -0.15) is 0 Å². The smallest absolute Gasteiger partial charge is 0.0452 e. The van der Waals surface area contributed by atoms with Crippen molar-refractivity contribution in [3.8, 4) is 0 Å². The maximum Gasteiger partial charge on any atom is 0.0452 e. The fourth-order valence-corrected chi connectivity index (χ4v) is 3.09. The molecule has 0 amide bonds. The van der Waals surface area contributed by atoms with E-state index in [0.29, 0.717) is 0 Å². The Hall–Kier alpha value is -1.76. The molecule has 1 aliphatic rings. The molecular weight excluding hydrogens is 302 g/mol. The third-order valence-corrected chi connectivity index (χ3v) is 4.05. The standard InChI is InChI=1S/C17H19N.C3H8.2C2H6/c1-4-18-15-11-7-5-9-13(15)17(2,3)14-10-6-8-12-16(14)18;1-3-2;2*1-2/h5-12H,4H2,1-3H3;3H2,1-2H3;2*1-2H3. The summed E-state index contributed by atoms with van der Waals surface area (Å²) < 4.78 is 0. The first-order valence-corrected chi connectivity index (χ1v) is 10.0. The zero-order chi connectivity index (χ0) is 19.5. The first-order valence-electron chi connectivity index (χ1n) is 10.0. The van der Waals surface area contributed by atoms with Crippen molar-refractivity contribution < 1.29 is 0 Å². The number of anilines is 2. The lowest BCUT2D eigenvalue weighted by molar-refractivity contribution is 0.626. The zero-order valence-corrected chi connectivity index (χ0v) is 18.0. The molecule has 2 aromatic rings. The predicted octanol–water partition coefficient (Wildman–Crippen LogP) is 7.95. The molecule has 0 saturated heterocycles. The van der Waals surface area contributed by atoms with E-state index in [4.69, 9.17) is 0 Å². The van der Waals surface area contributed by atoms with Gasteiger partial charge >= 0.3 is 0 Å². The van der Waals surface area contributed by atoms with Crippen molar-refractivity contribution in [1.29, 1.82) is 0 Å². The van der Waals surface area contributed by atoms with Crippen molar-refractivity contribution >= 4 is 11.4 Å². The summed E-state index contributed by atoms with van der Waals surface area (Å²) in [6.45, 7) is 20.1. The molecule has 1 aliphatic heterocycles. The van der Waals surface area contributed by atoms with Gasteiger partial charge in [0.25, 0.3) is 0 Å². The number of nitrogens with zero attached hydrogens (tertiary/aromatic N) is 1. The summed E-state index contributed by atoms with van der Waals surface area (Å²) in [6, 6.07) is 17.5. The third-order valence-electron chi connectivity index (χ3n) is 4.05. The summed E-state index contributed by atoms with van der Waals surface area (Å²) in [5.41, 5.74) is 5.63. The van der Waals surface area contributed by atoms with Crippen LogP contribution in [0.1, 0.15) is 79.9 Å². The Kier molecular flexibility index (Phi) is 10.9. The second-order valence-corrected chi connectivity index (χ2v) is 6.11. The van der Waals surface area contributed by atoms with Gasteiger partial charge in [-0.25, -0.2) is 0 Å². The van der Waals surface area contributed by atoms with E-state index in [9.17, 15) is 0 Å². The molecule has 0 aliphatic carbocycles. The molecule has 0 spiro atoms. The van der Waals surface area contributed by atoms with Crippen LogP contribution in [0, 0.1) is 0 Å². The van der Waals surface area contributed by atoms with Crippen LogP contribution in [0.2, 0.25) is 0 Å². The monoisotopic (exact) mass is 341 g/mol. The van der Waals surface area contributed by atoms with Gasteiger partial charge in [0, 0.05) is 23.3 Å². The third kappa shape index (κ3) is 5.11. The fourth-order valence-electron chi connectivity index (χ4n) is 3.09. The lowest BCUT2D eigenvalue weighted by Gasteiger charge is -2.41. The molecule has 1 nitrogen and oxygen atoms in total. The van der Waals surface area contributed by atoms with Gasteiger partial charge in [0.15, 0.2) is 0 Å². The summed E-state index contributed by atoms with van der Waals surface area (Å²) in [7, 11) is 0. The van der Waals surface area contributed by atoms with Crippen molar-refractivity contribution in [1.82, 2.24) is 0 Å². The van der Waals surface area contributed by atoms with Crippen LogP contribution in [-0.4, -0.2) is 6.54 Å². The van der Waals surface area contributed by atoms with Crippen LogP contribution >= 0.6 is 0 Å². The maximum absolute atomic E-state index is 2.41. The molecule has 0 radical (unpaired) electrons. The van der Waals surface area contributed by atoms with Gasteiger partial charge in [0.2, 0.25) is 0 Å². The minimum atomic E-state index is 0.0822. The lowest BCUT2D eigenvalue weighted by atomic mass is 9.74. The van der Waals surface area contributed by atoms with Crippen molar-refractivity contribution in [3.05, 3.63) is 59.7 Å². The van der Waals surface area contributed by atoms with Crippen molar-refractivity contribution in [3.63, 3.8) is 0 Å². The Bertz CT molecular complexity index is 549. The second-order valence-electron chi connectivity index (χ2n) is 6.11. The van der Waals surface area contributed by atoms with Gasteiger partial charge in [-0.1, -0.05) is 98.2 Å². The van der Waals surface area contributed by atoms with Crippen LogP contribution in [0.15, 0.2) is 48.5 Å². The highest BCUT2D eigenvalue weighted by molar-refractivity contribution is 5.77. The van der Waals surface area contributed by atoms with E-state index >= 15 is 0 Å². The minimum Gasteiger partial charge on any atom is -0.341 e. The summed E-state index contributed by atoms with van der Waals surface area (Å²) in [6.07, 6.45) is 1.25. The van der Waals surface area contributed by atoms with Crippen LogP contribution in [0.3, 0.4) is 0 Å². The SMILES string of the molecule is CC.CC.CCC.CCN1c2ccccc2C(C)(C)c2ccccc21. The Morgan fingerprint density at radius 3 is 1.32 bits per heavy atom. The highest BCUT2D eigenvalue weighted by atomic mass is 15.1. The molecule has 2 aromatic carbocycles. The molecule has 140 valence electrons. The Morgan fingerprint density at radius 1 is 0.680 bits per heavy atom. The summed E-state index contributed by atoms with van der Waals surface area (Å²) in [5, 5.41) is 0. The molecule has 25 heavy (non-hydrogen) atoms. The summed E-state index contributed by atoms with van der Waals surface area (Å²) in [4.78, 5) is 2.41. The quantitative estimate of drug-likeness (QED) is 0.508. The van der Waals surface area contributed by atoms with Gasteiger partial charge in [-0.15, -0.1) is 0 Å². The molecule has 0 unspecified atom stereocenters. The molecular formula is C24H39N. The average Bonchev–Trinajstić information content (AvgIpc) is 2.66. The molecule has 0 atom stereocenters. The van der Waals surface area contributed by atoms with Crippen molar-refractivity contribution in [2.45, 2.75) is 74.1 Å². The van der Waals surface area contributed by atoms with Crippen LogP contribution < -0.4 is 4.90 Å². The molecule has 0 fully saturated rings. The number of benzene rings is 2. The average molecular weight is 342 g/mol. The van der Waals surface area contributed by atoms with E-state index in [1.807, 2.05) is 27.7 Å². The largest absolute Gasteiger partial charge is 0.341 e. The van der Waals surface area contributed by atoms with Crippen LogP contribution in [-0.2, 0) is 5.41 Å². The molecule has 0 saturated carbocycles. The topological polar surface area (TPSA) is 3.24 Å². The van der Waals surface area contributed by atoms with Gasteiger partial charge in [0.1, 0.15) is 0 Å². The van der Waals surface area contributed by atoms with E-state index in [1.54, 1.807) is 0 Å². The molecule has 0 bridgehead atoms. The number of rotatable bonds is 1. The van der Waals surface area contributed by atoms with Gasteiger partial charge in [-0.05, 0) is 30.2 Å². The Balaban J connectivity index is 0.000000728. The van der Waals surface area contributed by atoms with Crippen molar-refractivity contribution in [2.75, 3.05) is 11.4 Å².